The highest BCUT2D eigenvalue weighted by Crippen LogP contribution is 2.43. The molecule has 3 atom stereocenters. The van der Waals surface area contributed by atoms with Crippen molar-refractivity contribution in [1.82, 2.24) is 0 Å². The van der Waals surface area contributed by atoms with Crippen LogP contribution in [0.2, 0.25) is 0 Å². The number of rotatable bonds is 3. The Labute approximate surface area is 89.1 Å². The summed E-state index contributed by atoms with van der Waals surface area (Å²) in [5, 5.41) is 9.28. The lowest BCUT2D eigenvalue weighted by molar-refractivity contribution is 0.170. The fourth-order valence-corrected chi connectivity index (χ4v) is 2.98. The molecule has 1 rings (SSSR count). The van der Waals surface area contributed by atoms with Gasteiger partial charge >= 0.3 is 0 Å². The fourth-order valence-electron chi connectivity index (χ4n) is 2.33. The molecule has 0 saturated heterocycles. The lowest BCUT2D eigenvalue weighted by Gasteiger charge is -2.36. The minimum absolute atomic E-state index is 0.177. The van der Waals surface area contributed by atoms with E-state index in [1.807, 2.05) is 0 Å². The lowest BCUT2D eigenvalue weighted by atomic mass is 9.66. The summed E-state index contributed by atoms with van der Waals surface area (Å²) in [7, 11) is -0.761. The maximum Gasteiger partial charge on any atom is 0.0692 e. The Bertz CT molecular complexity index is 259. The highest BCUT2D eigenvalue weighted by atomic mass is 32.2. The van der Waals surface area contributed by atoms with E-state index in [0.29, 0.717) is 11.7 Å². The molecule has 1 aliphatic rings. The van der Waals surface area contributed by atoms with Gasteiger partial charge < -0.3 is 0 Å². The van der Waals surface area contributed by atoms with Gasteiger partial charge in [-0.1, -0.05) is 19.8 Å². The first-order valence-electron chi connectivity index (χ1n) is 5.32. The number of hydrogen-bond acceptors (Lipinski definition) is 2. The first-order chi connectivity index (χ1) is 6.60. The smallest absolute Gasteiger partial charge is 0.0692 e. The molecule has 14 heavy (non-hydrogen) atoms. The summed E-state index contributed by atoms with van der Waals surface area (Å²) in [6, 6.07) is 2.49. The summed E-state index contributed by atoms with van der Waals surface area (Å²) >= 11 is 0. The van der Waals surface area contributed by atoms with Gasteiger partial charge in [-0.25, -0.2) is 0 Å². The summed E-state index contributed by atoms with van der Waals surface area (Å²) in [6.07, 6.45) is 7.10. The molecular formula is C11H19NOS. The molecule has 0 aromatic heterocycles. The molecule has 1 saturated carbocycles. The van der Waals surface area contributed by atoms with Gasteiger partial charge in [-0.15, -0.1) is 0 Å². The van der Waals surface area contributed by atoms with Crippen LogP contribution in [-0.2, 0) is 10.8 Å². The highest BCUT2D eigenvalue weighted by Gasteiger charge is 2.37. The van der Waals surface area contributed by atoms with Gasteiger partial charge in [0.05, 0.1) is 11.5 Å². The summed E-state index contributed by atoms with van der Waals surface area (Å²) < 4.78 is 11.1. The first kappa shape index (κ1) is 11.7. The molecule has 1 fully saturated rings. The van der Waals surface area contributed by atoms with Crippen LogP contribution in [0.25, 0.3) is 0 Å². The van der Waals surface area contributed by atoms with Crippen molar-refractivity contribution in [1.29, 1.82) is 5.26 Å². The maximum absolute atomic E-state index is 11.1. The molecule has 3 heteroatoms. The van der Waals surface area contributed by atoms with Gasteiger partial charge in [0.2, 0.25) is 0 Å². The second-order valence-corrected chi connectivity index (χ2v) is 6.00. The zero-order valence-corrected chi connectivity index (χ0v) is 9.90. The quantitative estimate of drug-likeness (QED) is 0.722. The summed E-state index contributed by atoms with van der Waals surface area (Å²) in [5.41, 5.74) is -0.177. The van der Waals surface area contributed by atoms with Crippen LogP contribution in [-0.4, -0.2) is 16.2 Å². The van der Waals surface area contributed by atoms with Gasteiger partial charge in [0.25, 0.3) is 0 Å². The predicted molar refractivity (Wildman–Crippen MR) is 59.2 cm³/mol. The van der Waals surface area contributed by atoms with Crippen molar-refractivity contribution in [2.75, 3.05) is 12.0 Å². The second kappa shape index (κ2) is 4.93. The van der Waals surface area contributed by atoms with Gasteiger partial charge in [0.15, 0.2) is 0 Å². The molecule has 0 amide bonds. The second-order valence-electron chi connectivity index (χ2n) is 4.44. The molecule has 1 aliphatic carbocycles. The summed E-state index contributed by atoms with van der Waals surface area (Å²) in [5.74, 6) is 1.16. The average Bonchev–Trinajstić information content (AvgIpc) is 2.17. The third-order valence-corrected chi connectivity index (χ3v) is 4.29. The van der Waals surface area contributed by atoms with Crippen molar-refractivity contribution in [2.45, 2.75) is 39.0 Å². The van der Waals surface area contributed by atoms with E-state index in [-0.39, 0.29) is 5.41 Å². The van der Waals surface area contributed by atoms with E-state index in [9.17, 15) is 9.47 Å². The largest absolute Gasteiger partial charge is 0.260 e. The molecule has 3 unspecified atom stereocenters. The summed E-state index contributed by atoms with van der Waals surface area (Å²) in [4.78, 5) is 0. The first-order valence-corrected chi connectivity index (χ1v) is 7.05. The average molecular weight is 213 g/mol. The van der Waals surface area contributed by atoms with Crippen molar-refractivity contribution in [3.8, 4) is 6.07 Å². The monoisotopic (exact) mass is 213 g/mol. The Morgan fingerprint density at radius 1 is 1.57 bits per heavy atom. The van der Waals surface area contributed by atoms with E-state index in [1.165, 1.54) is 6.42 Å². The molecule has 2 nitrogen and oxygen atoms in total. The fraction of sp³-hybridized carbons (Fsp3) is 0.909. The van der Waals surface area contributed by atoms with Crippen LogP contribution < -0.4 is 0 Å². The Morgan fingerprint density at radius 2 is 2.29 bits per heavy atom. The molecular weight excluding hydrogens is 194 g/mol. The minimum Gasteiger partial charge on any atom is -0.260 e. The molecule has 80 valence electrons. The minimum atomic E-state index is -0.761. The van der Waals surface area contributed by atoms with Crippen molar-refractivity contribution < 1.29 is 4.21 Å². The highest BCUT2D eigenvalue weighted by molar-refractivity contribution is 7.84. The molecule has 0 aromatic carbocycles. The van der Waals surface area contributed by atoms with Gasteiger partial charge in [0, 0.05) is 22.8 Å². The van der Waals surface area contributed by atoms with E-state index in [4.69, 9.17) is 0 Å². The molecule has 0 bridgehead atoms. The number of nitriles is 1. The third-order valence-electron chi connectivity index (χ3n) is 3.51. The van der Waals surface area contributed by atoms with Crippen LogP contribution in [0.4, 0.5) is 0 Å². The Hall–Kier alpha value is -0.360. The Balaban J connectivity index is 2.64. The molecule has 0 aromatic rings. The zero-order valence-electron chi connectivity index (χ0n) is 9.08. The maximum atomic E-state index is 11.1. The van der Waals surface area contributed by atoms with E-state index in [2.05, 4.69) is 13.0 Å². The van der Waals surface area contributed by atoms with Crippen LogP contribution >= 0.6 is 0 Å². The van der Waals surface area contributed by atoms with Gasteiger partial charge in [0.1, 0.15) is 0 Å². The number of hydrogen-bond donors (Lipinski definition) is 0. The zero-order chi connectivity index (χ0) is 10.6. The van der Waals surface area contributed by atoms with E-state index >= 15 is 0 Å². The van der Waals surface area contributed by atoms with Gasteiger partial charge in [-0.05, 0) is 25.2 Å². The van der Waals surface area contributed by atoms with Crippen LogP contribution in [0.3, 0.4) is 0 Å². The van der Waals surface area contributed by atoms with Crippen molar-refractivity contribution >= 4 is 10.8 Å². The summed E-state index contributed by atoms with van der Waals surface area (Å²) in [6.45, 7) is 2.17. The van der Waals surface area contributed by atoms with Crippen molar-refractivity contribution in [2.24, 2.45) is 11.3 Å². The molecule has 0 spiro atoms. The molecule has 0 heterocycles. The molecule has 0 radical (unpaired) electrons. The third kappa shape index (κ3) is 2.57. The topological polar surface area (TPSA) is 40.9 Å². The van der Waals surface area contributed by atoms with Crippen LogP contribution in [0, 0.1) is 22.7 Å². The van der Waals surface area contributed by atoms with E-state index in [1.54, 1.807) is 6.26 Å². The van der Waals surface area contributed by atoms with Crippen molar-refractivity contribution in [3.05, 3.63) is 0 Å². The molecule has 0 aliphatic heterocycles. The Morgan fingerprint density at radius 3 is 2.79 bits per heavy atom. The Kier molecular flexibility index (Phi) is 4.12. The lowest BCUT2D eigenvalue weighted by Crippen LogP contribution is -2.32. The van der Waals surface area contributed by atoms with Crippen LogP contribution in [0.5, 0.6) is 0 Å². The van der Waals surface area contributed by atoms with Gasteiger partial charge in [-0.3, -0.25) is 4.21 Å². The van der Waals surface area contributed by atoms with Gasteiger partial charge in [-0.2, -0.15) is 5.26 Å². The number of nitrogens with zero attached hydrogens (tertiary/aromatic N) is 1. The standard InChI is InChI=1S/C11H19NOS/c1-10-5-3-4-6-11(10,9-12)7-8-14(2)13/h10H,3-8H2,1-2H3. The van der Waals surface area contributed by atoms with Crippen LogP contribution in [0.1, 0.15) is 39.0 Å². The SMILES string of the molecule is CC1CCCCC1(C#N)CCS(C)=O. The van der Waals surface area contributed by atoms with E-state index in [0.717, 1.165) is 25.7 Å². The molecule has 0 N–H and O–H groups in total. The predicted octanol–water partition coefficient (Wildman–Crippen LogP) is 2.48. The van der Waals surface area contributed by atoms with Crippen molar-refractivity contribution in [3.63, 3.8) is 0 Å². The van der Waals surface area contributed by atoms with Crippen LogP contribution in [0.15, 0.2) is 0 Å². The van der Waals surface area contributed by atoms with E-state index < -0.39 is 10.8 Å². The normalized spacial score (nSPS) is 34.8.